The number of fused-ring (bicyclic) bond motifs is 2. The van der Waals surface area contributed by atoms with Crippen molar-refractivity contribution in [1.29, 1.82) is 0 Å². The summed E-state index contributed by atoms with van der Waals surface area (Å²) in [5.41, 5.74) is 0.501. The lowest BCUT2D eigenvalue weighted by Gasteiger charge is -2.39. The van der Waals surface area contributed by atoms with Crippen molar-refractivity contribution in [2.75, 3.05) is 26.2 Å². The zero-order valence-corrected chi connectivity index (χ0v) is 14.4. The standard InChI is InChI=1S/C19H33NO2/c1-19(2)15-7-6-14(10-15)17(19)11-18-21-13-16(22-18)12-20-8-4-3-5-9-20/h14-18H,3-13H2,1-2H3/t14-,15+,16-,17+,18+/m0/s1. The number of hydrogen-bond acceptors (Lipinski definition) is 3. The van der Waals surface area contributed by atoms with E-state index in [0.717, 1.165) is 37.3 Å². The highest BCUT2D eigenvalue weighted by atomic mass is 16.7. The number of hydrogen-bond donors (Lipinski definition) is 0. The van der Waals surface area contributed by atoms with Crippen LogP contribution in [0.4, 0.5) is 0 Å². The summed E-state index contributed by atoms with van der Waals surface area (Å²) in [6.45, 7) is 9.37. The van der Waals surface area contributed by atoms with Gasteiger partial charge in [-0.1, -0.05) is 20.3 Å². The SMILES string of the molecule is CC1(C)[C@@H]2CC[C@@H](C2)[C@H]1C[C@@H]1OC[C@H](CN2CCCCC2)O1. The minimum atomic E-state index is 0.0680. The first-order chi connectivity index (χ1) is 10.6. The zero-order chi connectivity index (χ0) is 15.2. The number of likely N-dealkylation sites (tertiary alicyclic amines) is 1. The predicted molar refractivity (Wildman–Crippen MR) is 87.6 cm³/mol. The number of piperidine rings is 1. The summed E-state index contributed by atoms with van der Waals surface area (Å²) in [5, 5.41) is 0. The zero-order valence-electron chi connectivity index (χ0n) is 14.4. The summed E-state index contributed by atoms with van der Waals surface area (Å²) in [5.74, 6) is 2.70. The average molecular weight is 307 g/mol. The molecule has 0 aromatic heterocycles. The predicted octanol–water partition coefficient (Wildman–Crippen LogP) is 3.68. The minimum Gasteiger partial charge on any atom is -0.350 e. The Morgan fingerprint density at radius 3 is 2.64 bits per heavy atom. The van der Waals surface area contributed by atoms with Gasteiger partial charge in [-0.05, 0) is 68.4 Å². The summed E-state index contributed by atoms with van der Waals surface area (Å²) in [4.78, 5) is 2.57. The highest BCUT2D eigenvalue weighted by Gasteiger charge is 2.53. The van der Waals surface area contributed by atoms with Gasteiger partial charge in [-0.3, -0.25) is 0 Å². The second-order valence-electron chi connectivity index (χ2n) is 8.82. The summed E-state index contributed by atoms with van der Waals surface area (Å²) < 4.78 is 12.3. The third-order valence-corrected chi connectivity index (χ3v) is 7.22. The van der Waals surface area contributed by atoms with Crippen molar-refractivity contribution in [3.05, 3.63) is 0 Å². The van der Waals surface area contributed by atoms with E-state index in [4.69, 9.17) is 9.47 Å². The Morgan fingerprint density at radius 2 is 1.91 bits per heavy atom. The van der Waals surface area contributed by atoms with Crippen LogP contribution in [0.25, 0.3) is 0 Å². The molecule has 3 heteroatoms. The maximum atomic E-state index is 6.26. The smallest absolute Gasteiger partial charge is 0.158 e. The fourth-order valence-corrected chi connectivity index (χ4v) is 5.83. The van der Waals surface area contributed by atoms with Crippen LogP contribution < -0.4 is 0 Å². The lowest BCUT2D eigenvalue weighted by Crippen LogP contribution is -2.38. The summed E-state index contributed by atoms with van der Waals surface area (Å²) >= 11 is 0. The molecule has 0 aromatic rings. The second kappa shape index (κ2) is 6.07. The normalized spacial score (nSPS) is 44.7. The second-order valence-corrected chi connectivity index (χ2v) is 8.82. The van der Waals surface area contributed by atoms with Gasteiger partial charge in [0.15, 0.2) is 6.29 Å². The van der Waals surface area contributed by atoms with Crippen LogP contribution in [0.5, 0.6) is 0 Å². The van der Waals surface area contributed by atoms with Crippen LogP contribution in [0.3, 0.4) is 0 Å². The quantitative estimate of drug-likeness (QED) is 0.791. The maximum absolute atomic E-state index is 6.26. The van der Waals surface area contributed by atoms with E-state index in [1.807, 2.05) is 0 Å². The van der Waals surface area contributed by atoms with E-state index >= 15 is 0 Å². The van der Waals surface area contributed by atoms with Crippen molar-refractivity contribution in [3.8, 4) is 0 Å². The van der Waals surface area contributed by atoms with Crippen LogP contribution in [-0.4, -0.2) is 43.5 Å². The molecule has 0 unspecified atom stereocenters. The van der Waals surface area contributed by atoms with Crippen molar-refractivity contribution < 1.29 is 9.47 Å². The Bertz CT molecular complexity index is 391. The summed E-state index contributed by atoms with van der Waals surface area (Å²) in [6.07, 6.45) is 9.99. The minimum absolute atomic E-state index is 0.0680. The van der Waals surface area contributed by atoms with Gasteiger partial charge in [0.25, 0.3) is 0 Å². The molecule has 126 valence electrons. The van der Waals surface area contributed by atoms with Crippen LogP contribution >= 0.6 is 0 Å². The van der Waals surface area contributed by atoms with Crippen molar-refractivity contribution in [1.82, 2.24) is 4.90 Å². The van der Waals surface area contributed by atoms with Crippen molar-refractivity contribution in [3.63, 3.8) is 0 Å². The number of ether oxygens (including phenoxy) is 2. The first kappa shape index (κ1) is 15.4. The van der Waals surface area contributed by atoms with E-state index in [9.17, 15) is 0 Å². The number of nitrogens with zero attached hydrogens (tertiary/aromatic N) is 1. The van der Waals surface area contributed by atoms with Gasteiger partial charge in [0.2, 0.25) is 0 Å². The Labute approximate surface area is 135 Å². The van der Waals surface area contributed by atoms with Gasteiger partial charge in [-0.25, -0.2) is 0 Å². The molecule has 3 nitrogen and oxygen atoms in total. The lowest BCUT2D eigenvalue weighted by molar-refractivity contribution is -0.0909. The van der Waals surface area contributed by atoms with E-state index in [0.29, 0.717) is 11.5 Å². The Kier molecular flexibility index (Phi) is 4.25. The first-order valence-corrected chi connectivity index (χ1v) is 9.62. The molecule has 22 heavy (non-hydrogen) atoms. The van der Waals surface area contributed by atoms with Crippen LogP contribution in [0.1, 0.15) is 58.8 Å². The molecule has 4 rings (SSSR count). The monoisotopic (exact) mass is 307 g/mol. The van der Waals surface area contributed by atoms with Crippen LogP contribution in [0.2, 0.25) is 0 Å². The molecule has 2 saturated heterocycles. The van der Waals surface area contributed by atoms with E-state index < -0.39 is 0 Å². The van der Waals surface area contributed by atoms with Gasteiger partial charge >= 0.3 is 0 Å². The molecule has 5 atom stereocenters. The molecule has 2 heterocycles. The van der Waals surface area contributed by atoms with E-state index in [-0.39, 0.29) is 6.29 Å². The molecule has 2 saturated carbocycles. The lowest BCUT2D eigenvalue weighted by atomic mass is 9.67. The van der Waals surface area contributed by atoms with Gasteiger partial charge in [0.1, 0.15) is 0 Å². The van der Waals surface area contributed by atoms with Crippen LogP contribution in [-0.2, 0) is 9.47 Å². The molecule has 2 aliphatic carbocycles. The van der Waals surface area contributed by atoms with Crippen LogP contribution in [0.15, 0.2) is 0 Å². The molecular formula is C19H33NO2. The fraction of sp³-hybridized carbons (Fsp3) is 1.00. The molecule has 0 radical (unpaired) electrons. The first-order valence-electron chi connectivity index (χ1n) is 9.62. The highest BCUT2D eigenvalue weighted by molar-refractivity contribution is 5.02. The Balaban J connectivity index is 1.28. The van der Waals surface area contributed by atoms with Crippen LogP contribution in [0, 0.1) is 23.2 Å². The van der Waals surface area contributed by atoms with Gasteiger partial charge in [0, 0.05) is 13.0 Å². The maximum Gasteiger partial charge on any atom is 0.158 e. The Hall–Kier alpha value is -0.120. The third-order valence-electron chi connectivity index (χ3n) is 7.22. The van der Waals surface area contributed by atoms with E-state index in [2.05, 4.69) is 18.7 Å². The average Bonchev–Trinajstić information content (AvgIpc) is 3.19. The van der Waals surface area contributed by atoms with Crippen molar-refractivity contribution in [2.24, 2.45) is 23.2 Å². The molecule has 2 bridgehead atoms. The molecule has 0 aromatic carbocycles. The van der Waals surface area contributed by atoms with Gasteiger partial charge in [-0.15, -0.1) is 0 Å². The van der Waals surface area contributed by atoms with Crippen molar-refractivity contribution >= 4 is 0 Å². The molecule has 0 amide bonds. The molecule has 2 aliphatic heterocycles. The van der Waals surface area contributed by atoms with Gasteiger partial charge in [-0.2, -0.15) is 0 Å². The fourth-order valence-electron chi connectivity index (χ4n) is 5.83. The largest absolute Gasteiger partial charge is 0.350 e. The van der Waals surface area contributed by atoms with Gasteiger partial charge < -0.3 is 14.4 Å². The van der Waals surface area contributed by atoms with Gasteiger partial charge in [0.05, 0.1) is 12.7 Å². The molecule has 0 spiro atoms. The Morgan fingerprint density at radius 1 is 1.09 bits per heavy atom. The third kappa shape index (κ3) is 2.85. The highest BCUT2D eigenvalue weighted by Crippen LogP contribution is 2.60. The molecule has 0 N–H and O–H groups in total. The topological polar surface area (TPSA) is 21.7 Å². The molecular weight excluding hydrogens is 274 g/mol. The van der Waals surface area contributed by atoms with E-state index in [1.54, 1.807) is 0 Å². The van der Waals surface area contributed by atoms with Crippen molar-refractivity contribution in [2.45, 2.75) is 71.2 Å². The molecule has 4 aliphatic rings. The summed E-state index contributed by atoms with van der Waals surface area (Å²) in [6, 6.07) is 0. The van der Waals surface area contributed by atoms with E-state index in [1.165, 1.54) is 51.6 Å². The molecule has 4 fully saturated rings. The summed E-state index contributed by atoms with van der Waals surface area (Å²) in [7, 11) is 0. The number of rotatable bonds is 4.